The van der Waals surface area contributed by atoms with Gasteiger partial charge in [-0.15, -0.1) is 0 Å². The standard InChI is InChI=1S/C19H27NO3.C19H27NO/c1-12(2)5-14-9-20-4-3-13-6-15(10-21)16(11-22)7-17(13)18(20)8-19(14)23;1-12(2)7-16-11-20-6-5-15-8-13(3)14(4)9-17(15)18(20)10-19(16)21/h6-7,12,14,18,21-22H,3-5,8-11H2,1-2H3;8-9,12,16,18H,5-7,10-11H2,1-4H3. The van der Waals surface area contributed by atoms with Crippen LogP contribution < -0.4 is 0 Å². The van der Waals surface area contributed by atoms with Crippen LogP contribution in [0.2, 0.25) is 0 Å². The smallest absolute Gasteiger partial charge is 0.139 e. The lowest BCUT2D eigenvalue weighted by molar-refractivity contribution is -0.130. The third kappa shape index (κ3) is 7.04. The number of aryl methyl sites for hydroxylation is 2. The minimum atomic E-state index is -0.0696. The second-order valence-corrected chi connectivity index (χ2v) is 14.8. The van der Waals surface area contributed by atoms with Crippen molar-refractivity contribution in [2.24, 2.45) is 23.7 Å². The first-order valence-electron chi connectivity index (χ1n) is 17.0. The van der Waals surface area contributed by atoms with Crippen molar-refractivity contribution in [3.8, 4) is 0 Å². The van der Waals surface area contributed by atoms with E-state index in [-0.39, 0.29) is 31.1 Å². The van der Waals surface area contributed by atoms with Gasteiger partial charge in [0, 0.05) is 62.9 Å². The van der Waals surface area contributed by atoms with Gasteiger partial charge in [0.05, 0.1) is 13.2 Å². The van der Waals surface area contributed by atoms with E-state index < -0.39 is 0 Å². The molecule has 4 aliphatic heterocycles. The Balaban J connectivity index is 0.000000175. The Labute approximate surface area is 264 Å². The third-order valence-electron chi connectivity index (χ3n) is 10.6. The molecular weight excluding hydrogens is 548 g/mol. The van der Waals surface area contributed by atoms with Gasteiger partial charge in [0.25, 0.3) is 0 Å². The second-order valence-electron chi connectivity index (χ2n) is 14.8. The fourth-order valence-electron chi connectivity index (χ4n) is 8.19. The number of aliphatic hydroxyl groups is 2. The van der Waals surface area contributed by atoms with Crippen LogP contribution in [0.5, 0.6) is 0 Å². The van der Waals surface area contributed by atoms with Gasteiger partial charge in [-0.25, -0.2) is 0 Å². The monoisotopic (exact) mass is 602 g/mol. The third-order valence-corrected chi connectivity index (χ3v) is 10.6. The number of aliphatic hydroxyl groups excluding tert-OH is 2. The van der Waals surface area contributed by atoms with E-state index in [1.165, 1.54) is 33.4 Å². The number of benzene rings is 2. The maximum absolute atomic E-state index is 12.6. The number of piperidine rings is 2. The summed E-state index contributed by atoms with van der Waals surface area (Å²) in [6.07, 6.45) is 5.39. The van der Waals surface area contributed by atoms with Crippen molar-refractivity contribution in [2.45, 2.75) is 105 Å². The van der Waals surface area contributed by atoms with E-state index in [0.29, 0.717) is 42.3 Å². The van der Waals surface area contributed by atoms with E-state index in [1.54, 1.807) is 0 Å². The van der Waals surface area contributed by atoms with Crippen molar-refractivity contribution in [3.05, 3.63) is 68.8 Å². The number of Topliss-reactive ketones (excluding diaryl/α,β-unsaturated/α-hetero) is 2. The molecule has 4 unspecified atom stereocenters. The Morgan fingerprint density at radius 1 is 0.682 bits per heavy atom. The number of hydrogen-bond acceptors (Lipinski definition) is 6. The maximum Gasteiger partial charge on any atom is 0.139 e. The number of ketones is 2. The number of carbonyl (C=O) groups excluding carboxylic acids is 2. The van der Waals surface area contributed by atoms with Gasteiger partial charge >= 0.3 is 0 Å². The van der Waals surface area contributed by atoms with Crippen LogP contribution in [-0.2, 0) is 35.6 Å². The summed E-state index contributed by atoms with van der Waals surface area (Å²) in [6.45, 7) is 17.0. The molecule has 2 aromatic rings. The molecule has 4 atom stereocenters. The van der Waals surface area contributed by atoms with E-state index in [1.807, 2.05) is 12.1 Å². The number of carbonyl (C=O) groups is 2. The predicted molar refractivity (Wildman–Crippen MR) is 175 cm³/mol. The van der Waals surface area contributed by atoms with Gasteiger partial charge in [-0.1, -0.05) is 52.0 Å². The SMILES string of the molecule is CC(C)CC1CN2CCc3cc(CO)c(CO)cc3C2CC1=O.Cc1cc2c(cc1C)C1CC(=O)C(CC(C)C)CN1CC2. The van der Waals surface area contributed by atoms with Gasteiger partial charge in [-0.2, -0.15) is 0 Å². The number of hydrogen-bond donors (Lipinski definition) is 2. The molecule has 6 rings (SSSR count). The average Bonchev–Trinajstić information content (AvgIpc) is 2.98. The lowest BCUT2D eigenvalue weighted by Crippen LogP contribution is -2.46. The summed E-state index contributed by atoms with van der Waals surface area (Å²) >= 11 is 0. The van der Waals surface area contributed by atoms with Crippen LogP contribution in [0.4, 0.5) is 0 Å². The van der Waals surface area contributed by atoms with Gasteiger partial charge in [0.2, 0.25) is 0 Å². The number of nitrogens with zero attached hydrogens (tertiary/aromatic N) is 2. The molecule has 0 saturated carbocycles. The quantitative estimate of drug-likeness (QED) is 0.420. The van der Waals surface area contributed by atoms with Crippen molar-refractivity contribution in [2.75, 3.05) is 26.2 Å². The summed E-state index contributed by atoms with van der Waals surface area (Å²) in [5, 5.41) is 19.0. The van der Waals surface area contributed by atoms with E-state index in [0.717, 1.165) is 63.0 Å². The normalized spacial score (nSPS) is 25.2. The molecule has 44 heavy (non-hydrogen) atoms. The van der Waals surface area contributed by atoms with Gasteiger partial charge in [0.1, 0.15) is 11.6 Å². The fraction of sp³-hybridized carbons (Fsp3) is 0.632. The highest BCUT2D eigenvalue weighted by molar-refractivity contribution is 5.83. The molecule has 240 valence electrons. The first-order valence-corrected chi connectivity index (χ1v) is 17.0. The fourth-order valence-corrected chi connectivity index (χ4v) is 8.19. The maximum atomic E-state index is 12.6. The van der Waals surface area contributed by atoms with Crippen LogP contribution in [0.15, 0.2) is 24.3 Å². The van der Waals surface area contributed by atoms with Crippen molar-refractivity contribution >= 4 is 11.6 Å². The molecule has 0 bridgehead atoms. The van der Waals surface area contributed by atoms with Crippen molar-refractivity contribution in [1.82, 2.24) is 9.80 Å². The highest BCUT2D eigenvalue weighted by atomic mass is 16.3. The van der Waals surface area contributed by atoms with E-state index in [2.05, 4.69) is 63.5 Å². The average molecular weight is 603 g/mol. The van der Waals surface area contributed by atoms with Gasteiger partial charge in [0.15, 0.2) is 0 Å². The van der Waals surface area contributed by atoms with Crippen molar-refractivity contribution in [1.29, 1.82) is 0 Å². The Bertz CT molecular complexity index is 1370. The second kappa shape index (κ2) is 13.9. The molecule has 2 N–H and O–H groups in total. The molecule has 0 amide bonds. The predicted octanol–water partition coefficient (Wildman–Crippen LogP) is 6.04. The molecular formula is C38H54N2O4. The Kier molecular flexibility index (Phi) is 10.5. The lowest BCUT2D eigenvalue weighted by Gasteiger charge is -2.43. The Morgan fingerprint density at radius 3 is 1.59 bits per heavy atom. The summed E-state index contributed by atoms with van der Waals surface area (Å²) in [4.78, 5) is 30.1. The Morgan fingerprint density at radius 2 is 1.11 bits per heavy atom. The minimum Gasteiger partial charge on any atom is -0.392 e. The van der Waals surface area contributed by atoms with Crippen LogP contribution in [0, 0.1) is 37.5 Å². The van der Waals surface area contributed by atoms with Crippen LogP contribution in [0.25, 0.3) is 0 Å². The lowest BCUT2D eigenvalue weighted by atomic mass is 9.79. The molecule has 4 heterocycles. The highest BCUT2D eigenvalue weighted by Gasteiger charge is 2.39. The van der Waals surface area contributed by atoms with Crippen LogP contribution in [-0.4, -0.2) is 57.8 Å². The largest absolute Gasteiger partial charge is 0.392 e. The molecule has 6 nitrogen and oxygen atoms in total. The molecule has 0 aromatic heterocycles. The zero-order valence-electron chi connectivity index (χ0n) is 27.9. The number of fused-ring (bicyclic) bond motifs is 6. The molecule has 6 heteroatoms. The van der Waals surface area contributed by atoms with Crippen molar-refractivity contribution in [3.63, 3.8) is 0 Å². The zero-order valence-corrected chi connectivity index (χ0v) is 27.9. The summed E-state index contributed by atoms with van der Waals surface area (Å²) < 4.78 is 0. The van der Waals surface area contributed by atoms with Crippen LogP contribution >= 0.6 is 0 Å². The van der Waals surface area contributed by atoms with E-state index >= 15 is 0 Å². The van der Waals surface area contributed by atoms with Gasteiger partial charge in [-0.3, -0.25) is 19.4 Å². The first kappa shape index (κ1) is 33.0. The minimum absolute atomic E-state index is 0.0487. The molecule has 2 aromatic carbocycles. The molecule has 2 saturated heterocycles. The first-order chi connectivity index (χ1) is 21.0. The molecule has 0 spiro atoms. The van der Waals surface area contributed by atoms with Gasteiger partial charge < -0.3 is 10.2 Å². The van der Waals surface area contributed by atoms with E-state index in [4.69, 9.17) is 0 Å². The molecule has 2 fully saturated rings. The van der Waals surface area contributed by atoms with Gasteiger partial charge in [-0.05, 0) is 95.9 Å². The molecule has 4 aliphatic rings. The topological polar surface area (TPSA) is 81.1 Å². The Hall–Kier alpha value is -2.38. The summed E-state index contributed by atoms with van der Waals surface area (Å²) in [6, 6.07) is 9.18. The molecule has 0 aliphatic carbocycles. The van der Waals surface area contributed by atoms with Crippen molar-refractivity contribution < 1.29 is 19.8 Å². The zero-order chi connectivity index (χ0) is 31.7. The summed E-state index contributed by atoms with van der Waals surface area (Å²) in [5.74, 6) is 2.44. The van der Waals surface area contributed by atoms with Crippen LogP contribution in [0.1, 0.15) is 110 Å². The summed E-state index contributed by atoms with van der Waals surface area (Å²) in [5.41, 5.74) is 9.60. The van der Waals surface area contributed by atoms with E-state index in [9.17, 15) is 19.8 Å². The highest BCUT2D eigenvalue weighted by Crippen LogP contribution is 2.40. The molecule has 0 radical (unpaired) electrons. The number of rotatable bonds is 6. The summed E-state index contributed by atoms with van der Waals surface area (Å²) in [7, 11) is 0. The van der Waals surface area contributed by atoms with Crippen LogP contribution in [0.3, 0.4) is 0 Å².